The summed E-state index contributed by atoms with van der Waals surface area (Å²) in [5.41, 5.74) is 0.900. The number of hydrogen-bond acceptors (Lipinski definition) is 5. The van der Waals surface area contributed by atoms with Crippen molar-refractivity contribution in [2.45, 2.75) is 33.1 Å². The van der Waals surface area contributed by atoms with Gasteiger partial charge in [0.2, 0.25) is 0 Å². The van der Waals surface area contributed by atoms with Crippen molar-refractivity contribution >= 4 is 11.9 Å². The van der Waals surface area contributed by atoms with Gasteiger partial charge in [-0.1, -0.05) is 12.2 Å². The third kappa shape index (κ3) is 6.79. The van der Waals surface area contributed by atoms with E-state index in [-0.39, 0.29) is 30.7 Å². The van der Waals surface area contributed by atoms with Crippen LogP contribution in [0, 0.1) is 5.92 Å². The Hall–Kier alpha value is -2.04. The summed E-state index contributed by atoms with van der Waals surface area (Å²) in [6, 6.07) is 0. The Kier molecular flexibility index (Phi) is 7.94. The van der Waals surface area contributed by atoms with Crippen molar-refractivity contribution in [1.82, 2.24) is 5.32 Å². The third-order valence-electron chi connectivity index (χ3n) is 3.00. The molecular formula is C16H23NO4. The number of nitrogens with one attached hydrogen (secondary N) is 1. The molecule has 0 aliphatic carbocycles. The number of ether oxygens (including phenoxy) is 2. The SMILES string of the molecule is CCOC(=O)CCC(CC(=O)OCC)C1=CC=CC=CN1. The molecule has 0 aromatic carbocycles. The van der Waals surface area contributed by atoms with E-state index in [4.69, 9.17) is 9.47 Å². The smallest absolute Gasteiger partial charge is 0.306 e. The zero-order chi connectivity index (χ0) is 15.5. The Morgan fingerprint density at radius 3 is 2.52 bits per heavy atom. The van der Waals surface area contributed by atoms with E-state index in [0.29, 0.717) is 19.6 Å². The highest BCUT2D eigenvalue weighted by molar-refractivity contribution is 5.71. The lowest BCUT2D eigenvalue weighted by Crippen LogP contribution is -2.21. The van der Waals surface area contributed by atoms with Crippen LogP contribution in [0.25, 0.3) is 0 Å². The number of rotatable bonds is 8. The van der Waals surface area contributed by atoms with E-state index < -0.39 is 0 Å². The molecule has 116 valence electrons. The van der Waals surface area contributed by atoms with Crippen LogP contribution in [0.5, 0.6) is 0 Å². The Morgan fingerprint density at radius 1 is 1.10 bits per heavy atom. The molecule has 1 aliphatic heterocycles. The Labute approximate surface area is 125 Å². The molecule has 0 bridgehead atoms. The Morgan fingerprint density at radius 2 is 1.81 bits per heavy atom. The minimum atomic E-state index is -0.258. The third-order valence-corrected chi connectivity index (χ3v) is 3.00. The maximum absolute atomic E-state index is 11.7. The summed E-state index contributed by atoms with van der Waals surface area (Å²) in [5.74, 6) is -0.598. The molecule has 5 nitrogen and oxygen atoms in total. The molecule has 0 saturated heterocycles. The molecule has 1 aliphatic rings. The van der Waals surface area contributed by atoms with Gasteiger partial charge in [0, 0.05) is 24.2 Å². The first-order chi connectivity index (χ1) is 10.2. The Bertz CT molecular complexity index is 438. The van der Waals surface area contributed by atoms with E-state index in [1.54, 1.807) is 20.0 Å². The van der Waals surface area contributed by atoms with Crippen LogP contribution in [0.2, 0.25) is 0 Å². The van der Waals surface area contributed by atoms with Gasteiger partial charge in [0.1, 0.15) is 0 Å². The number of carbonyl (C=O) groups excluding carboxylic acids is 2. The van der Waals surface area contributed by atoms with E-state index in [9.17, 15) is 9.59 Å². The van der Waals surface area contributed by atoms with Gasteiger partial charge in [-0.05, 0) is 32.4 Å². The monoisotopic (exact) mass is 293 g/mol. The average molecular weight is 293 g/mol. The van der Waals surface area contributed by atoms with E-state index in [2.05, 4.69) is 5.32 Å². The van der Waals surface area contributed by atoms with Gasteiger partial charge in [0.05, 0.1) is 19.6 Å². The largest absolute Gasteiger partial charge is 0.466 e. The number of carbonyl (C=O) groups is 2. The summed E-state index contributed by atoms with van der Waals surface area (Å²) >= 11 is 0. The van der Waals surface area contributed by atoms with Crippen LogP contribution in [-0.4, -0.2) is 25.2 Å². The second kappa shape index (κ2) is 9.80. The van der Waals surface area contributed by atoms with Gasteiger partial charge in [-0.15, -0.1) is 0 Å². The van der Waals surface area contributed by atoms with Crippen LogP contribution < -0.4 is 5.32 Å². The molecular weight excluding hydrogens is 270 g/mol. The maximum atomic E-state index is 11.7. The summed E-state index contributed by atoms with van der Waals surface area (Å²) in [7, 11) is 0. The second-order valence-electron chi connectivity index (χ2n) is 4.56. The standard InChI is InChI=1S/C16H23NO4/c1-3-20-15(18)10-9-13(12-16(19)21-4-2)14-8-6-5-7-11-17-14/h5-8,11,13,17H,3-4,9-10,12H2,1-2H3. The molecule has 0 saturated carbocycles. The average Bonchev–Trinajstić information content (AvgIpc) is 2.73. The van der Waals surface area contributed by atoms with Crippen molar-refractivity contribution in [2.24, 2.45) is 5.92 Å². The first-order valence-corrected chi connectivity index (χ1v) is 7.28. The quantitative estimate of drug-likeness (QED) is 0.696. The molecule has 0 aromatic heterocycles. The van der Waals surface area contributed by atoms with Crippen LogP contribution in [0.1, 0.15) is 33.1 Å². The molecule has 0 spiro atoms. The molecule has 0 radical (unpaired) electrons. The molecule has 1 heterocycles. The fourth-order valence-corrected chi connectivity index (χ4v) is 2.04. The summed E-state index contributed by atoms with van der Waals surface area (Å²) in [5, 5.41) is 3.14. The van der Waals surface area contributed by atoms with Gasteiger partial charge >= 0.3 is 11.9 Å². The summed E-state index contributed by atoms with van der Waals surface area (Å²) in [4.78, 5) is 23.2. The fourth-order valence-electron chi connectivity index (χ4n) is 2.04. The van der Waals surface area contributed by atoms with Crippen molar-refractivity contribution in [3.8, 4) is 0 Å². The predicted molar refractivity (Wildman–Crippen MR) is 80.1 cm³/mol. The van der Waals surface area contributed by atoms with Crippen LogP contribution in [0.3, 0.4) is 0 Å². The van der Waals surface area contributed by atoms with Gasteiger partial charge in [-0.3, -0.25) is 9.59 Å². The van der Waals surface area contributed by atoms with Gasteiger partial charge in [-0.25, -0.2) is 0 Å². The molecule has 1 rings (SSSR count). The molecule has 1 N–H and O–H groups in total. The second-order valence-corrected chi connectivity index (χ2v) is 4.56. The van der Waals surface area contributed by atoms with Crippen molar-refractivity contribution in [3.63, 3.8) is 0 Å². The lowest BCUT2D eigenvalue weighted by atomic mass is 9.95. The zero-order valence-corrected chi connectivity index (χ0v) is 12.6. The first kappa shape index (κ1) is 17.0. The Balaban J connectivity index is 2.67. The molecule has 0 fully saturated rings. The van der Waals surface area contributed by atoms with Gasteiger partial charge in [0.15, 0.2) is 0 Å². The van der Waals surface area contributed by atoms with Crippen LogP contribution in [0.15, 0.2) is 36.2 Å². The fraction of sp³-hybridized carbons (Fsp3) is 0.500. The van der Waals surface area contributed by atoms with Crippen molar-refractivity contribution in [1.29, 1.82) is 0 Å². The highest BCUT2D eigenvalue weighted by Crippen LogP contribution is 2.21. The van der Waals surface area contributed by atoms with Crippen molar-refractivity contribution in [3.05, 3.63) is 36.2 Å². The first-order valence-electron chi connectivity index (χ1n) is 7.28. The zero-order valence-electron chi connectivity index (χ0n) is 12.6. The minimum Gasteiger partial charge on any atom is -0.466 e. The van der Waals surface area contributed by atoms with E-state index in [1.165, 1.54) is 0 Å². The van der Waals surface area contributed by atoms with Gasteiger partial charge in [-0.2, -0.15) is 0 Å². The molecule has 0 aromatic rings. The van der Waals surface area contributed by atoms with E-state index in [0.717, 1.165) is 5.70 Å². The molecule has 0 amide bonds. The van der Waals surface area contributed by atoms with E-state index in [1.807, 2.05) is 24.3 Å². The highest BCUT2D eigenvalue weighted by Gasteiger charge is 2.20. The van der Waals surface area contributed by atoms with Gasteiger partial charge in [0.25, 0.3) is 0 Å². The van der Waals surface area contributed by atoms with Crippen LogP contribution in [-0.2, 0) is 19.1 Å². The predicted octanol–water partition coefficient (Wildman–Crippen LogP) is 2.46. The lowest BCUT2D eigenvalue weighted by Gasteiger charge is -2.19. The molecule has 5 heteroatoms. The van der Waals surface area contributed by atoms with Crippen LogP contribution >= 0.6 is 0 Å². The number of esters is 2. The minimum absolute atomic E-state index is 0.0964. The van der Waals surface area contributed by atoms with Crippen LogP contribution in [0.4, 0.5) is 0 Å². The summed E-state index contributed by atoms with van der Waals surface area (Å²) in [6.45, 7) is 4.28. The van der Waals surface area contributed by atoms with E-state index >= 15 is 0 Å². The topological polar surface area (TPSA) is 64.6 Å². The lowest BCUT2D eigenvalue weighted by molar-refractivity contribution is -0.146. The highest BCUT2D eigenvalue weighted by atomic mass is 16.5. The number of allylic oxidation sites excluding steroid dienone is 5. The van der Waals surface area contributed by atoms with Crippen molar-refractivity contribution < 1.29 is 19.1 Å². The van der Waals surface area contributed by atoms with Gasteiger partial charge < -0.3 is 14.8 Å². The molecule has 21 heavy (non-hydrogen) atoms. The van der Waals surface area contributed by atoms with Crippen molar-refractivity contribution in [2.75, 3.05) is 13.2 Å². The normalized spacial score (nSPS) is 14.7. The molecule has 1 atom stereocenters. The number of hydrogen-bond donors (Lipinski definition) is 1. The maximum Gasteiger partial charge on any atom is 0.306 e. The summed E-state index contributed by atoms with van der Waals surface area (Å²) in [6.07, 6.45) is 10.4. The molecule has 1 unspecified atom stereocenters. The summed E-state index contributed by atoms with van der Waals surface area (Å²) < 4.78 is 9.94.